The number of benzene rings is 2. The monoisotopic (exact) mass is 572 g/mol. The van der Waals surface area contributed by atoms with Crippen LogP contribution in [0, 0.1) is 23.4 Å². The highest BCUT2D eigenvalue weighted by Crippen LogP contribution is 2.37. The van der Waals surface area contributed by atoms with Crippen molar-refractivity contribution in [2.75, 3.05) is 49.5 Å². The van der Waals surface area contributed by atoms with Crippen molar-refractivity contribution in [3.05, 3.63) is 59.4 Å². The molecule has 41 heavy (non-hydrogen) atoms. The summed E-state index contributed by atoms with van der Waals surface area (Å²) < 4.78 is 42.1. The van der Waals surface area contributed by atoms with Crippen molar-refractivity contribution in [3.8, 4) is 0 Å². The minimum absolute atomic E-state index is 0.0589. The first kappa shape index (κ1) is 29.7. The Morgan fingerprint density at radius 1 is 1.10 bits per heavy atom. The van der Waals surface area contributed by atoms with Crippen molar-refractivity contribution < 1.29 is 32.3 Å². The van der Waals surface area contributed by atoms with Crippen LogP contribution in [0.5, 0.6) is 0 Å². The Morgan fingerprint density at radius 2 is 1.76 bits per heavy atom. The molecule has 4 amide bonds. The Balaban J connectivity index is 1.46. The lowest BCUT2D eigenvalue weighted by Crippen LogP contribution is -2.54. The Hall–Kier alpha value is -4.26. The van der Waals surface area contributed by atoms with Crippen LogP contribution in [0.4, 0.5) is 29.3 Å². The van der Waals surface area contributed by atoms with Crippen molar-refractivity contribution in [2.45, 2.75) is 26.3 Å². The Bertz CT molecular complexity index is 1320. The second-order valence-corrected chi connectivity index (χ2v) is 9.94. The number of anilines is 2. The van der Waals surface area contributed by atoms with Crippen molar-refractivity contribution >= 4 is 41.7 Å². The van der Waals surface area contributed by atoms with Crippen LogP contribution in [0.1, 0.15) is 31.9 Å². The third kappa shape index (κ3) is 6.40. The standard InChI is InChI=1S/C28H31F3N6O4/c1-18-25(19(2)40)27(20-14-21(29)26(31)22(30)15-20)37(28(41)33-18)36(17-39)9-5-8-34-10-12-35(13-11-34)24-7-4-3-6-23(24)32-16-38/h3-4,6-7,14-17,25,27H,5,8-13H2,1-2H3,(H,32,38). The van der Waals surface area contributed by atoms with E-state index in [2.05, 4.69) is 20.1 Å². The van der Waals surface area contributed by atoms with E-state index in [-0.39, 0.29) is 17.8 Å². The molecular formula is C28H31F3N6O4. The number of amides is 4. The summed E-state index contributed by atoms with van der Waals surface area (Å²) in [5, 5.41) is 4.69. The van der Waals surface area contributed by atoms with Crippen molar-refractivity contribution in [3.63, 3.8) is 0 Å². The smallest absolute Gasteiger partial charge is 0.362 e. The number of urea groups is 1. The van der Waals surface area contributed by atoms with Gasteiger partial charge in [0.2, 0.25) is 12.8 Å². The quantitative estimate of drug-likeness (QED) is 0.327. The van der Waals surface area contributed by atoms with Gasteiger partial charge in [-0.25, -0.2) is 28.0 Å². The molecule has 0 aliphatic carbocycles. The van der Waals surface area contributed by atoms with Crippen LogP contribution in [0.2, 0.25) is 0 Å². The molecule has 2 aromatic carbocycles. The van der Waals surface area contributed by atoms with Gasteiger partial charge in [-0.05, 0) is 50.1 Å². The number of hydrogen-bond donors (Lipinski definition) is 1. The topological polar surface area (TPSA) is 106 Å². The minimum Gasteiger partial charge on any atom is -0.367 e. The summed E-state index contributed by atoms with van der Waals surface area (Å²) in [7, 11) is 0. The second-order valence-electron chi connectivity index (χ2n) is 9.94. The summed E-state index contributed by atoms with van der Waals surface area (Å²) in [5.74, 6) is -6.16. The van der Waals surface area contributed by atoms with Gasteiger partial charge in [0.15, 0.2) is 17.5 Å². The van der Waals surface area contributed by atoms with Crippen molar-refractivity contribution in [1.29, 1.82) is 0 Å². The lowest BCUT2D eigenvalue weighted by atomic mass is 9.85. The average molecular weight is 573 g/mol. The number of rotatable bonds is 11. The molecule has 2 aromatic rings. The number of carbonyl (C=O) groups excluding carboxylic acids is 4. The molecule has 4 rings (SSSR count). The van der Waals surface area contributed by atoms with Crippen LogP contribution < -0.4 is 10.2 Å². The number of nitrogens with zero attached hydrogens (tertiary/aromatic N) is 5. The summed E-state index contributed by atoms with van der Waals surface area (Å²) in [6.07, 6.45) is 1.49. The van der Waals surface area contributed by atoms with E-state index >= 15 is 0 Å². The van der Waals surface area contributed by atoms with E-state index in [4.69, 9.17) is 0 Å². The molecule has 2 aliphatic heterocycles. The average Bonchev–Trinajstić information content (AvgIpc) is 2.94. The predicted octanol–water partition coefficient (Wildman–Crippen LogP) is 3.40. The van der Waals surface area contributed by atoms with Crippen LogP contribution in [-0.2, 0) is 14.4 Å². The zero-order valence-electron chi connectivity index (χ0n) is 22.7. The highest BCUT2D eigenvalue weighted by Gasteiger charge is 2.44. The largest absolute Gasteiger partial charge is 0.367 e. The molecule has 0 saturated carbocycles. The van der Waals surface area contributed by atoms with Gasteiger partial charge in [0.05, 0.1) is 23.3 Å². The molecule has 2 aliphatic rings. The third-order valence-electron chi connectivity index (χ3n) is 7.37. The van der Waals surface area contributed by atoms with E-state index in [1.54, 1.807) is 0 Å². The van der Waals surface area contributed by atoms with Crippen LogP contribution in [0.15, 0.2) is 41.4 Å². The van der Waals surface area contributed by atoms with Gasteiger partial charge in [0.1, 0.15) is 5.78 Å². The number of Topliss-reactive ketones (excluding diaryl/α,β-unsaturated/α-hetero) is 1. The first-order valence-corrected chi connectivity index (χ1v) is 13.2. The van der Waals surface area contributed by atoms with Gasteiger partial charge in [-0.2, -0.15) is 0 Å². The molecule has 10 nitrogen and oxygen atoms in total. The number of piperazine rings is 1. The summed E-state index contributed by atoms with van der Waals surface area (Å²) in [4.78, 5) is 57.0. The molecule has 13 heteroatoms. The molecule has 0 radical (unpaired) electrons. The SMILES string of the molecule is CC(=O)C1C(C)=NC(=O)N(N(C=O)CCCN2CCN(c3ccccc3NC=O)CC2)C1c1cc(F)c(F)c(F)c1. The summed E-state index contributed by atoms with van der Waals surface area (Å²) >= 11 is 0. The molecule has 0 aromatic heterocycles. The van der Waals surface area contributed by atoms with Crippen LogP contribution in [-0.4, -0.2) is 84.5 Å². The molecule has 1 saturated heterocycles. The van der Waals surface area contributed by atoms with Gasteiger partial charge in [-0.3, -0.25) is 24.3 Å². The fourth-order valence-corrected chi connectivity index (χ4v) is 5.44. The number of carbonyl (C=O) groups is 4. The minimum atomic E-state index is -1.68. The second kappa shape index (κ2) is 12.9. The third-order valence-corrected chi connectivity index (χ3v) is 7.37. The van der Waals surface area contributed by atoms with Crippen LogP contribution >= 0.6 is 0 Å². The summed E-state index contributed by atoms with van der Waals surface area (Å²) in [6.45, 7) is 6.18. The van der Waals surface area contributed by atoms with Gasteiger partial charge in [-0.1, -0.05) is 12.1 Å². The molecule has 1 fully saturated rings. The normalized spacial score (nSPS) is 19.5. The van der Waals surface area contributed by atoms with E-state index in [1.807, 2.05) is 24.3 Å². The molecule has 1 N–H and O–H groups in total. The first-order chi connectivity index (χ1) is 19.7. The van der Waals surface area contributed by atoms with E-state index in [1.165, 1.54) is 13.8 Å². The zero-order valence-corrected chi connectivity index (χ0v) is 22.7. The molecule has 2 unspecified atom stereocenters. The molecule has 2 atom stereocenters. The van der Waals surface area contributed by atoms with E-state index in [9.17, 15) is 32.3 Å². The van der Waals surface area contributed by atoms with Crippen molar-refractivity contribution in [1.82, 2.24) is 14.9 Å². The van der Waals surface area contributed by atoms with Crippen LogP contribution in [0.25, 0.3) is 0 Å². The summed E-state index contributed by atoms with van der Waals surface area (Å²) in [6, 6.07) is 6.79. The number of hydrogen-bond acceptors (Lipinski definition) is 6. The Morgan fingerprint density at radius 3 is 2.37 bits per heavy atom. The highest BCUT2D eigenvalue weighted by molar-refractivity contribution is 6.09. The number of nitrogens with one attached hydrogen (secondary N) is 1. The lowest BCUT2D eigenvalue weighted by Gasteiger charge is -2.43. The Labute approximate surface area is 235 Å². The number of hydrazine groups is 1. The predicted molar refractivity (Wildman–Crippen MR) is 146 cm³/mol. The van der Waals surface area contributed by atoms with Crippen LogP contribution in [0.3, 0.4) is 0 Å². The maximum absolute atomic E-state index is 14.2. The molecular weight excluding hydrogens is 541 g/mol. The fourth-order valence-electron chi connectivity index (χ4n) is 5.44. The number of para-hydroxylation sites is 2. The van der Waals surface area contributed by atoms with Gasteiger partial charge in [0.25, 0.3) is 0 Å². The first-order valence-electron chi connectivity index (χ1n) is 13.2. The van der Waals surface area contributed by atoms with Crippen molar-refractivity contribution in [2.24, 2.45) is 10.9 Å². The highest BCUT2D eigenvalue weighted by atomic mass is 19.2. The maximum Gasteiger partial charge on any atom is 0.362 e. The zero-order chi connectivity index (χ0) is 29.7. The van der Waals surface area contributed by atoms with Gasteiger partial charge < -0.3 is 10.2 Å². The van der Waals surface area contributed by atoms with E-state index in [0.717, 1.165) is 33.5 Å². The molecule has 0 spiro atoms. The lowest BCUT2D eigenvalue weighted by molar-refractivity contribution is -0.137. The molecule has 218 valence electrons. The Kier molecular flexibility index (Phi) is 9.38. The van der Waals surface area contributed by atoms with E-state index < -0.39 is 41.2 Å². The van der Waals surface area contributed by atoms with E-state index in [0.29, 0.717) is 52.0 Å². The number of ketones is 1. The molecule has 0 bridgehead atoms. The summed E-state index contributed by atoms with van der Waals surface area (Å²) in [5.41, 5.74) is 1.60. The van der Waals surface area contributed by atoms with Gasteiger partial charge >= 0.3 is 6.03 Å². The van der Waals surface area contributed by atoms with Gasteiger partial charge in [-0.15, -0.1) is 0 Å². The number of halogens is 3. The van der Waals surface area contributed by atoms with Gasteiger partial charge in [0, 0.05) is 45.0 Å². The molecule has 2 heterocycles. The fraction of sp³-hybridized carbons (Fsp3) is 0.393. The maximum atomic E-state index is 14.2. The number of aliphatic imine (C=N–C) groups is 1.